The molecule has 15 atom stereocenters. The van der Waals surface area contributed by atoms with Crippen molar-refractivity contribution in [3.05, 3.63) is 49.6 Å². The van der Waals surface area contributed by atoms with Gasteiger partial charge in [0.25, 0.3) is 0 Å². The van der Waals surface area contributed by atoms with Gasteiger partial charge in [-0.25, -0.2) is 0 Å². The van der Waals surface area contributed by atoms with Crippen LogP contribution in [0.15, 0.2) is 49.6 Å². The molecule has 3 aliphatic rings. The normalized spacial score (nSPS) is 27.2. The lowest BCUT2D eigenvalue weighted by Gasteiger charge is -2.43. The molecule has 4 N–H and O–H groups in total. The molecule has 18 heteroatoms. The topological polar surface area (TPSA) is 222 Å². The number of H-pyrrole nitrogens is 4. The Kier molecular flexibility index (Phi) is 50.7. The molecular formula is C64H128N12O6. The Morgan fingerprint density at radius 3 is 0.683 bits per heavy atom. The second-order valence-electron chi connectivity index (χ2n) is 23.1. The SMILES string of the molecule is CCC(C)C.CCC(CC)(CC)CC.CCCCO[C@H]1OC(CC)[C@@H](C)C(C)[C@H]1C.CCCCO[C@H]1OC(CC)[C@@H](C)C(C)[C@H]1C.CCCCO[C@H]1OC(CC)[C@@H](C)C(C)[C@H]1C.c1cn[nH]n1.c1cn[nH]n1.c1cn[nH]n1.c1cn[nH]n1. The van der Waals surface area contributed by atoms with E-state index in [9.17, 15) is 0 Å². The molecule has 0 aromatic carbocycles. The number of ether oxygens (including phenoxy) is 6. The molecule has 0 saturated carbocycles. The minimum absolute atomic E-state index is 0.0164. The zero-order valence-corrected chi connectivity index (χ0v) is 56.4. The molecule has 3 saturated heterocycles. The largest absolute Gasteiger partial charge is 0.352 e. The summed E-state index contributed by atoms with van der Waals surface area (Å²) in [5, 5.41) is 37.3. The van der Waals surface area contributed by atoms with Crippen molar-refractivity contribution in [2.75, 3.05) is 19.8 Å². The predicted octanol–water partition coefficient (Wildman–Crippen LogP) is 16.4. The first kappa shape index (κ1) is 80.4. The van der Waals surface area contributed by atoms with Crippen LogP contribution in [-0.2, 0) is 28.4 Å². The molecule has 3 aliphatic heterocycles. The first-order valence-corrected chi connectivity index (χ1v) is 32.4. The average molecular weight is 1160 g/mol. The molecule has 7 heterocycles. The zero-order chi connectivity index (χ0) is 62.1. The van der Waals surface area contributed by atoms with Gasteiger partial charge in [0.2, 0.25) is 0 Å². The van der Waals surface area contributed by atoms with Gasteiger partial charge in [-0.15, -0.1) is 0 Å². The predicted molar refractivity (Wildman–Crippen MR) is 336 cm³/mol. The van der Waals surface area contributed by atoms with Gasteiger partial charge in [-0.1, -0.05) is 204 Å². The third kappa shape index (κ3) is 34.9. The summed E-state index contributed by atoms with van der Waals surface area (Å²) in [4.78, 5) is 0. The van der Waals surface area contributed by atoms with Crippen molar-refractivity contribution in [1.82, 2.24) is 61.6 Å². The number of unbranched alkanes of at least 4 members (excludes halogenated alkanes) is 3. The number of aromatic amines is 4. The van der Waals surface area contributed by atoms with Gasteiger partial charge in [0.05, 0.1) is 67.9 Å². The van der Waals surface area contributed by atoms with E-state index in [4.69, 9.17) is 28.4 Å². The molecule has 0 bridgehead atoms. The highest BCUT2D eigenvalue weighted by Gasteiger charge is 2.40. The maximum absolute atomic E-state index is 6.05. The Morgan fingerprint density at radius 2 is 0.561 bits per heavy atom. The molecule has 0 spiro atoms. The first-order valence-electron chi connectivity index (χ1n) is 32.4. The fourth-order valence-electron chi connectivity index (χ4n) is 9.63. The summed E-state index contributed by atoms with van der Waals surface area (Å²) in [6.07, 6.45) is 30.7. The fourth-order valence-corrected chi connectivity index (χ4v) is 9.63. The molecule has 6 unspecified atom stereocenters. The third-order valence-electron chi connectivity index (χ3n) is 17.6. The van der Waals surface area contributed by atoms with Crippen LogP contribution in [0.3, 0.4) is 0 Å². The van der Waals surface area contributed by atoms with Gasteiger partial charge in [0, 0.05) is 37.6 Å². The number of hydrogen-bond acceptors (Lipinski definition) is 14. The van der Waals surface area contributed by atoms with Gasteiger partial charge in [0.15, 0.2) is 18.9 Å². The standard InChI is InChI=1S/3C14H28O2.C9H20.C5H12.4C2H3N3/c3*1-6-8-9-15-14-12(5)10(3)11(4)13(7-2)16-14;1-5-9(6-2,7-3)8-4;1-4-5(2)3;4*1-2-4-5-3-1/h3*10-14H,6-9H2,1-5H3;5-8H2,1-4H3;5H,4H2,1-3H3;4*1-2H,(H,3,4,5)/t3*10?,11-,12+,13?,14-;;;;;;/m000....../s1. The van der Waals surface area contributed by atoms with Gasteiger partial charge >= 0.3 is 0 Å². The van der Waals surface area contributed by atoms with E-state index in [-0.39, 0.29) is 18.9 Å². The van der Waals surface area contributed by atoms with E-state index >= 15 is 0 Å². The first-order chi connectivity index (χ1) is 39.4. The highest BCUT2D eigenvalue weighted by molar-refractivity contribution is 4.84. The number of nitrogens with zero attached hydrogens (tertiary/aromatic N) is 8. The monoisotopic (exact) mass is 1160 g/mol. The van der Waals surface area contributed by atoms with Gasteiger partial charge in [-0.2, -0.15) is 61.6 Å². The lowest BCUT2D eigenvalue weighted by atomic mass is 9.78. The number of nitrogens with one attached hydrogen (secondary N) is 4. The van der Waals surface area contributed by atoms with Crippen molar-refractivity contribution in [1.29, 1.82) is 0 Å². The van der Waals surface area contributed by atoms with Crippen LogP contribution in [-0.4, -0.2) is 119 Å². The number of rotatable bonds is 20. The van der Waals surface area contributed by atoms with Crippen molar-refractivity contribution in [2.45, 2.75) is 279 Å². The molecule has 0 radical (unpaired) electrons. The van der Waals surface area contributed by atoms with Crippen molar-refractivity contribution in [3.63, 3.8) is 0 Å². The summed E-state index contributed by atoms with van der Waals surface area (Å²) in [7, 11) is 0. The smallest absolute Gasteiger partial charge is 0.160 e. The second-order valence-corrected chi connectivity index (χ2v) is 23.1. The molecule has 7 rings (SSSR count). The van der Waals surface area contributed by atoms with Crippen molar-refractivity contribution in [3.8, 4) is 0 Å². The number of aromatic nitrogens is 12. The Hall–Kier alpha value is -3.68. The van der Waals surface area contributed by atoms with E-state index in [1.54, 1.807) is 49.6 Å². The summed E-state index contributed by atoms with van der Waals surface area (Å²) in [5.41, 5.74) is 0.667. The van der Waals surface area contributed by atoms with Crippen LogP contribution in [0, 0.1) is 64.6 Å². The Bertz CT molecular complexity index is 1500. The van der Waals surface area contributed by atoms with Crippen LogP contribution in [0.2, 0.25) is 0 Å². The van der Waals surface area contributed by atoms with Gasteiger partial charge < -0.3 is 28.4 Å². The van der Waals surface area contributed by atoms with E-state index in [1.807, 2.05) is 0 Å². The summed E-state index contributed by atoms with van der Waals surface area (Å²) >= 11 is 0. The quantitative estimate of drug-likeness (QED) is 0.0605. The highest BCUT2D eigenvalue weighted by Crippen LogP contribution is 2.39. The van der Waals surface area contributed by atoms with Crippen LogP contribution in [0.5, 0.6) is 0 Å². The molecule has 480 valence electrons. The van der Waals surface area contributed by atoms with Gasteiger partial charge in [-0.05, 0) is 85.4 Å². The number of hydrogen-bond donors (Lipinski definition) is 4. The highest BCUT2D eigenvalue weighted by atomic mass is 16.7. The lowest BCUT2D eigenvalue weighted by Crippen LogP contribution is -2.45. The van der Waals surface area contributed by atoms with Gasteiger partial charge in [-0.3, -0.25) is 0 Å². The molecular weight excluding hydrogens is 1030 g/mol. The van der Waals surface area contributed by atoms with Crippen LogP contribution in [0.25, 0.3) is 0 Å². The lowest BCUT2D eigenvalue weighted by molar-refractivity contribution is -0.248. The van der Waals surface area contributed by atoms with E-state index in [0.717, 1.165) is 64.3 Å². The van der Waals surface area contributed by atoms with Crippen LogP contribution in [0.1, 0.15) is 242 Å². The summed E-state index contributed by atoms with van der Waals surface area (Å²) in [6, 6.07) is 0. The molecule has 0 amide bonds. The van der Waals surface area contributed by atoms with Crippen LogP contribution < -0.4 is 0 Å². The minimum Gasteiger partial charge on any atom is -0.352 e. The third-order valence-corrected chi connectivity index (χ3v) is 17.6. The maximum Gasteiger partial charge on any atom is 0.160 e. The Labute approximate surface area is 501 Å². The van der Waals surface area contributed by atoms with Crippen LogP contribution in [0.4, 0.5) is 0 Å². The van der Waals surface area contributed by atoms with E-state index in [0.29, 0.717) is 77.0 Å². The summed E-state index contributed by atoms with van der Waals surface area (Å²) in [6.45, 7) is 52.2. The molecule has 0 aliphatic carbocycles. The minimum atomic E-state index is 0.0164. The van der Waals surface area contributed by atoms with E-state index in [2.05, 4.69) is 214 Å². The van der Waals surface area contributed by atoms with E-state index in [1.165, 1.54) is 51.4 Å². The van der Waals surface area contributed by atoms with E-state index < -0.39 is 0 Å². The van der Waals surface area contributed by atoms with Crippen molar-refractivity contribution in [2.24, 2.45) is 64.6 Å². The second kappa shape index (κ2) is 51.7. The Morgan fingerprint density at radius 1 is 0.354 bits per heavy atom. The van der Waals surface area contributed by atoms with Crippen LogP contribution >= 0.6 is 0 Å². The summed E-state index contributed by atoms with van der Waals surface area (Å²) in [5.74, 6) is 6.40. The molecule has 4 aromatic rings. The summed E-state index contributed by atoms with van der Waals surface area (Å²) < 4.78 is 35.8. The maximum atomic E-state index is 6.05. The fraction of sp³-hybridized carbons (Fsp3) is 0.875. The van der Waals surface area contributed by atoms with Crippen molar-refractivity contribution >= 4 is 0 Å². The van der Waals surface area contributed by atoms with Crippen molar-refractivity contribution < 1.29 is 28.4 Å². The average Bonchev–Trinajstić information content (AvgIpc) is 4.38. The molecule has 4 aromatic heterocycles. The molecule has 3 fully saturated rings. The molecule has 82 heavy (non-hydrogen) atoms. The Balaban J connectivity index is 0. The molecule has 18 nitrogen and oxygen atoms in total. The zero-order valence-electron chi connectivity index (χ0n) is 56.4. The van der Waals surface area contributed by atoms with Gasteiger partial charge in [0.1, 0.15) is 0 Å².